The highest BCUT2D eigenvalue weighted by Gasteiger charge is 2.31. The molecule has 132 valence electrons. The fourth-order valence-corrected chi connectivity index (χ4v) is 3.67. The van der Waals surface area contributed by atoms with E-state index in [9.17, 15) is 4.79 Å². The second-order valence-corrected chi connectivity index (χ2v) is 6.73. The number of fused-ring (bicyclic) bond motifs is 2. The lowest BCUT2D eigenvalue weighted by Crippen LogP contribution is -2.41. The van der Waals surface area contributed by atoms with Gasteiger partial charge in [0.05, 0.1) is 18.3 Å². The fourth-order valence-electron chi connectivity index (χ4n) is 3.67. The SMILES string of the molecule is Cc1ccc2c(c1)C(N(C(N)=O)c1cccc3cnc(C)cc13)CCO2. The molecule has 1 atom stereocenters. The molecule has 0 saturated heterocycles. The lowest BCUT2D eigenvalue weighted by Gasteiger charge is -2.35. The third-order valence-electron chi connectivity index (χ3n) is 4.86. The van der Waals surface area contributed by atoms with Crippen LogP contribution in [0, 0.1) is 13.8 Å². The van der Waals surface area contributed by atoms with Gasteiger partial charge < -0.3 is 10.5 Å². The molecular formula is C21H21N3O2. The number of urea groups is 1. The van der Waals surface area contributed by atoms with Crippen molar-refractivity contribution in [2.24, 2.45) is 5.73 Å². The number of nitrogens with zero attached hydrogens (tertiary/aromatic N) is 2. The molecule has 2 amide bonds. The third-order valence-corrected chi connectivity index (χ3v) is 4.86. The Hall–Kier alpha value is -3.08. The smallest absolute Gasteiger partial charge is 0.319 e. The molecule has 4 rings (SSSR count). The second-order valence-electron chi connectivity index (χ2n) is 6.73. The minimum atomic E-state index is -0.466. The van der Waals surface area contributed by atoms with E-state index in [1.54, 1.807) is 4.90 Å². The summed E-state index contributed by atoms with van der Waals surface area (Å²) < 4.78 is 5.79. The molecule has 0 bridgehead atoms. The van der Waals surface area contributed by atoms with E-state index in [0.29, 0.717) is 13.0 Å². The molecule has 0 radical (unpaired) electrons. The molecule has 3 aromatic rings. The van der Waals surface area contributed by atoms with Gasteiger partial charge in [-0.25, -0.2) is 4.79 Å². The minimum absolute atomic E-state index is 0.157. The van der Waals surface area contributed by atoms with Crippen LogP contribution in [0.3, 0.4) is 0 Å². The number of pyridine rings is 1. The van der Waals surface area contributed by atoms with Crippen molar-refractivity contribution >= 4 is 22.5 Å². The summed E-state index contributed by atoms with van der Waals surface area (Å²) in [5.74, 6) is 0.816. The van der Waals surface area contributed by atoms with Crippen LogP contribution < -0.4 is 15.4 Å². The maximum absolute atomic E-state index is 12.5. The number of primary amides is 1. The normalized spacial score (nSPS) is 16.0. The van der Waals surface area contributed by atoms with E-state index in [2.05, 4.69) is 11.1 Å². The Morgan fingerprint density at radius 1 is 1.23 bits per heavy atom. The molecule has 0 saturated carbocycles. The van der Waals surface area contributed by atoms with Gasteiger partial charge in [-0.2, -0.15) is 0 Å². The molecule has 2 heterocycles. The molecule has 2 aromatic carbocycles. The van der Waals surface area contributed by atoms with Crippen molar-refractivity contribution in [1.82, 2.24) is 4.98 Å². The maximum atomic E-state index is 12.5. The van der Waals surface area contributed by atoms with E-state index in [4.69, 9.17) is 10.5 Å². The Morgan fingerprint density at radius 2 is 2.08 bits per heavy atom. The van der Waals surface area contributed by atoms with Crippen molar-refractivity contribution in [2.45, 2.75) is 26.3 Å². The molecule has 0 fully saturated rings. The van der Waals surface area contributed by atoms with Crippen molar-refractivity contribution < 1.29 is 9.53 Å². The first-order valence-electron chi connectivity index (χ1n) is 8.72. The van der Waals surface area contributed by atoms with Gasteiger partial charge in [-0.15, -0.1) is 0 Å². The number of carbonyl (C=O) groups excluding carboxylic acids is 1. The number of aryl methyl sites for hydroxylation is 2. The van der Waals surface area contributed by atoms with E-state index < -0.39 is 6.03 Å². The number of anilines is 1. The summed E-state index contributed by atoms with van der Waals surface area (Å²) in [5, 5.41) is 1.95. The van der Waals surface area contributed by atoms with Crippen LogP contribution in [-0.4, -0.2) is 17.6 Å². The van der Waals surface area contributed by atoms with Crippen LogP contribution in [0.1, 0.15) is 29.3 Å². The number of rotatable bonds is 2. The summed E-state index contributed by atoms with van der Waals surface area (Å²) in [6, 6.07) is 13.3. The molecule has 26 heavy (non-hydrogen) atoms. The van der Waals surface area contributed by atoms with Gasteiger partial charge in [0, 0.05) is 34.6 Å². The standard InChI is InChI=1S/C21H21N3O2/c1-13-6-7-20-17(10-13)19(8-9-26-20)24(21(22)25)18-5-3-4-15-12-23-14(2)11-16(15)18/h3-7,10-12,19H,8-9H2,1-2H3,(H2,22,25). The maximum Gasteiger partial charge on any atom is 0.319 e. The molecule has 1 aromatic heterocycles. The van der Waals surface area contributed by atoms with Crippen LogP contribution in [0.5, 0.6) is 5.75 Å². The fraction of sp³-hybridized carbons (Fsp3) is 0.238. The highest BCUT2D eigenvalue weighted by molar-refractivity contribution is 6.03. The van der Waals surface area contributed by atoms with Crippen LogP contribution in [0.2, 0.25) is 0 Å². The number of carbonyl (C=O) groups is 1. The molecule has 5 heteroatoms. The molecule has 2 N–H and O–H groups in total. The number of aromatic nitrogens is 1. The van der Waals surface area contributed by atoms with Crippen molar-refractivity contribution in [3.63, 3.8) is 0 Å². The van der Waals surface area contributed by atoms with Crippen molar-refractivity contribution in [3.8, 4) is 5.75 Å². The predicted molar refractivity (Wildman–Crippen MR) is 103 cm³/mol. The minimum Gasteiger partial charge on any atom is -0.493 e. The number of benzene rings is 2. The van der Waals surface area contributed by atoms with Gasteiger partial charge in [0.15, 0.2) is 0 Å². The van der Waals surface area contributed by atoms with E-state index in [0.717, 1.165) is 39.0 Å². The quantitative estimate of drug-likeness (QED) is 0.753. The number of hydrogen-bond acceptors (Lipinski definition) is 3. The van der Waals surface area contributed by atoms with E-state index in [-0.39, 0.29) is 6.04 Å². The summed E-state index contributed by atoms with van der Waals surface area (Å²) in [4.78, 5) is 18.6. The molecule has 5 nitrogen and oxygen atoms in total. The third kappa shape index (κ3) is 2.75. The first-order chi connectivity index (χ1) is 12.5. The van der Waals surface area contributed by atoms with Gasteiger partial charge in [0.25, 0.3) is 0 Å². The van der Waals surface area contributed by atoms with Crippen molar-refractivity contribution in [3.05, 3.63) is 65.5 Å². The Bertz CT molecular complexity index is 1000. The number of ether oxygens (including phenoxy) is 1. The molecular weight excluding hydrogens is 326 g/mol. The van der Waals surface area contributed by atoms with Gasteiger partial charge in [-0.05, 0) is 32.0 Å². The van der Waals surface area contributed by atoms with Crippen LogP contribution in [0.4, 0.5) is 10.5 Å². The van der Waals surface area contributed by atoms with Crippen molar-refractivity contribution in [2.75, 3.05) is 11.5 Å². The van der Waals surface area contributed by atoms with Crippen LogP contribution >= 0.6 is 0 Å². The summed E-state index contributed by atoms with van der Waals surface area (Å²) in [6.45, 7) is 4.53. The Labute approximate surface area is 152 Å². The average Bonchev–Trinajstić information content (AvgIpc) is 2.62. The number of amides is 2. The predicted octanol–water partition coefficient (Wildman–Crippen LogP) is 4.26. The Morgan fingerprint density at radius 3 is 2.88 bits per heavy atom. The summed E-state index contributed by atoms with van der Waals surface area (Å²) in [5.41, 5.74) is 9.68. The molecule has 1 unspecified atom stereocenters. The Balaban J connectivity index is 1.91. The van der Waals surface area contributed by atoms with Gasteiger partial charge >= 0.3 is 6.03 Å². The van der Waals surface area contributed by atoms with E-state index in [1.165, 1.54) is 0 Å². The monoisotopic (exact) mass is 347 g/mol. The molecule has 1 aliphatic heterocycles. The lowest BCUT2D eigenvalue weighted by atomic mass is 9.96. The molecule has 0 spiro atoms. The van der Waals surface area contributed by atoms with Gasteiger partial charge in [-0.1, -0.05) is 29.8 Å². The van der Waals surface area contributed by atoms with Crippen LogP contribution in [-0.2, 0) is 0 Å². The van der Waals surface area contributed by atoms with Gasteiger partial charge in [-0.3, -0.25) is 9.88 Å². The highest BCUT2D eigenvalue weighted by atomic mass is 16.5. The molecule has 1 aliphatic rings. The van der Waals surface area contributed by atoms with Crippen LogP contribution in [0.15, 0.2) is 48.7 Å². The zero-order valence-electron chi connectivity index (χ0n) is 14.9. The molecule has 0 aliphatic carbocycles. The van der Waals surface area contributed by atoms with Gasteiger partial charge in [0.2, 0.25) is 0 Å². The van der Waals surface area contributed by atoms with Crippen LogP contribution in [0.25, 0.3) is 10.8 Å². The zero-order chi connectivity index (χ0) is 18.3. The summed E-state index contributed by atoms with van der Waals surface area (Å²) >= 11 is 0. The first-order valence-corrected chi connectivity index (χ1v) is 8.72. The lowest BCUT2D eigenvalue weighted by molar-refractivity contribution is 0.240. The van der Waals surface area contributed by atoms with Gasteiger partial charge in [0.1, 0.15) is 5.75 Å². The van der Waals surface area contributed by atoms with Crippen molar-refractivity contribution in [1.29, 1.82) is 0 Å². The largest absolute Gasteiger partial charge is 0.493 e. The zero-order valence-corrected chi connectivity index (χ0v) is 14.9. The number of hydrogen-bond donors (Lipinski definition) is 1. The number of nitrogens with two attached hydrogens (primary N) is 1. The highest BCUT2D eigenvalue weighted by Crippen LogP contribution is 2.40. The topological polar surface area (TPSA) is 68.5 Å². The second kappa shape index (κ2) is 6.33. The van der Waals surface area contributed by atoms with E-state index in [1.807, 2.05) is 56.4 Å². The summed E-state index contributed by atoms with van der Waals surface area (Å²) in [6.07, 6.45) is 2.52. The Kier molecular flexibility index (Phi) is 3.99. The average molecular weight is 347 g/mol. The summed E-state index contributed by atoms with van der Waals surface area (Å²) in [7, 11) is 0. The van der Waals surface area contributed by atoms with E-state index >= 15 is 0 Å². The first kappa shape index (κ1) is 16.4.